The molecule has 0 heterocycles. The zero-order valence-corrected chi connectivity index (χ0v) is 18.3. The lowest BCUT2D eigenvalue weighted by atomic mass is 10.2. The Morgan fingerprint density at radius 3 is 2.34 bits per heavy atom. The quantitative estimate of drug-likeness (QED) is 0.299. The maximum atomic E-state index is 12.7. The second-order valence-corrected chi connectivity index (χ2v) is 8.11. The number of alkyl halides is 3. The van der Waals surface area contributed by atoms with Crippen LogP contribution >= 0.6 is 23.5 Å². The molecule has 3 nitrogen and oxygen atoms in total. The van der Waals surface area contributed by atoms with Crippen LogP contribution in [0.2, 0.25) is 0 Å². The van der Waals surface area contributed by atoms with Crippen molar-refractivity contribution < 1.29 is 27.4 Å². The van der Waals surface area contributed by atoms with Gasteiger partial charge in [0.1, 0.15) is 24.2 Å². The minimum Gasteiger partial charge on any atom is -0.494 e. The molecule has 0 aliphatic carbocycles. The van der Waals surface area contributed by atoms with Gasteiger partial charge in [-0.1, -0.05) is 0 Å². The van der Waals surface area contributed by atoms with Crippen molar-refractivity contribution in [3.05, 3.63) is 53.6 Å². The fourth-order valence-corrected chi connectivity index (χ4v) is 3.78. The number of rotatable bonds is 11. The predicted octanol–water partition coefficient (Wildman–Crippen LogP) is 6.29. The summed E-state index contributed by atoms with van der Waals surface area (Å²) in [5.74, 6) is 2.44. The third kappa shape index (κ3) is 8.03. The van der Waals surface area contributed by atoms with Gasteiger partial charge in [-0.2, -0.15) is 13.2 Å². The highest BCUT2D eigenvalue weighted by atomic mass is 32.2. The van der Waals surface area contributed by atoms with Crippen LogP contribution in [-0.2, 0) is 10.9 Å². The van der Waals surface area contributed by atoms with Gasteiger partial charge in [0.25, 0.3) is 0 Å². The van der Waals surface area contributed by atoms with E-state index >= 15 is 0 Å². The molecule has 1 unspecified atom stereocenters. The van der Waals surface area contributed by atoms with Crippen molar-refractivity contribution in [2.24, 2.45) is 0 Å². The van der Waals surface area contributed by atoms with Crippen LogP contribution < -0.4 is 9.47 Å². The molecule has 0 spiro atoms. The summed E-state index contributed by atoms with van der Waals surface area (Å²) < 4.78 is 55.0. The van der Waals surface area contributed by atoms with E-state index in [1.807, 2.05) is 32.2 Å². The minimum atomic E-state index is -4.35. The molecule has 0 radical (unpaired) electrons. The summed E-state index contributed by atoms with van der Waals surface area (Å²) in [6.07, 6.45) is -2.60. The van der Waals surface area contributed by atoms with Gasteiger partial charge in [0.05, 0.1) is 18.1 Å². The Balaban J connectivity index is 1.92. The zero-order valence-electron chi connectivity index (χ0n) is 16.6. The van der Waals surface area contributed by atoms with E-state index in [-0.39, 0.29) is 12.7 Å². The van der Waals surface area contributed by atoms with Crippen LogP contribution in [0.15, 0.2) is 47.4 Å². The average molecular weight is 447 g/mol. The zero-order chi connectivity index (χ0) is 21.3. The number of ether oxygens (including phenoxy) is 3. The van der Waals surface area contributed by atoms with Crippen molar-refractivity contribution in [1.29, 1.82) is 0 Å². The molecule has 0 saturated carbocycles. The molecule has 0 bridgehead atoms. The standard InChI is InChI=1S/C21H25F3O3S2/c1-4-25-20-10-9-19(11-15(20)2)29-13-18(27-14-28-3)12-26-17-7-5-16(6-8-17)21(22,23)24/h5-11,18H,4,12-14H2,1-3H3. The van der Waals surface area contributed by atoms with Gasteiger partial charge in [-0.3, -0.25) is 0 Å². The molecule has 0 aliphatic heterocycles. The number of thioether (sulfide) groups is 2. The Labute approximate surface area is 178 Å². The highest BCUT2D eigenvalue weighted by Gasteiger charge is 2.30. The predicted molar refractivity (Wildman–Crippen MR) is 113 cm³/mol. The van der Waals surface area contributed by atoms with Gasteiger partial charge in [-0.15, -0.1) is 23.5 Å². The first-order valence-electron chi connectivity index (χ1n) is 9.10. The van der Waals surface area contributed by atoms with Crippen LogP contribution in [0.1, 0.15) is 18.1 Å². The number of benzene rings is 2. The van der Waals surface area contributed by atoms with E-state index in [0.29, 0.717) is 24.0 Å². The summed E-state index contributed by atoms with van der Waals surface area (Å²) >= 11 is 3.20. The monoisotopic (exact) mass is 446 g/mol. The van der Waals surface area contributed by atoms with Gasteiger partial charge in [-0.25, -0.2) is 0 Å². The van der Waals surface area contributed by atoms with Crippen molar-refractivity contribution in [2.45, 2.75) is 31.0 Å². The third-order valence-electron chi connectivity index (χ3n) is 3.92. The van der Waals surface area contributed by atoms with Crippen molar-refractivity contribution in [2.75, 3.05) is 31.2 Å². The Hall–Kier alpha value is -1.51. The molecule has 0 saturated heterocycles. The van der Waals surface area contributed by atoms with Crippen LogP contribution in [0.3, 0.4) is 0 Å². The van der Waals surface area contributed by atoms with Crippen molar-refractivity contribution in [3.63, 3.8) is 0 Å². The molecule has 2 aromatic carbocycles. The maximum Gasteiger partial charge on any atom is 0.416 e. The van der Waals surface area contributed by atoms with Crippen LogP contribution in [0, 0.1) is 6.92 Å². The molecule has 2 rings (SSSR count). The highest BCUT2D eigenvalue weighted by molar-refractivity contribution is 7.99. The summed E-state index contributed by atoms with van der Waals surface area (Å²) in [6, 6.07) is 10.7. The number of halogens is 3. The lowest BCUT2D eigenvalue weighted by molar-refractivity contribution is -0.137. The molecule has 2 aromatic rings. The molecule has 0 fully saturated rings. The van der Waals surface area contributed by atoms with Crippen molar-refractivity contribution in [1.82, 2.24) is 0 Å². The van der Waals surface area contributed by atoms with Crippen LogP contribution in [-0.4, -0.2) is 37.3 Å². The summed E-state index contributed by atoms with van der Waals surface area (Å²) in [5, 5.41) is 0. The van der Waals surface area contributed by atoms with Crippen LogP contribution in [0.4, 0.5) is 13.2 Å². The van der Waals surface area contributed by atoms with E-state index in [2.05, 4.69) is 6.07 Å². The Kier molecular flexibility index (Phi) is 9.52. The normalized spacial score (nSPS) is 12.6. The molecular weight excluding hydrogens is 421 g/mol. The van der Waals surface area contributed by atoms with Crippen LogP contribution in [0.25, 0.3) is 0 Å². The van der Waals surface area contributed by atoms with Crippen molar-refractivity contribution >= 4 is 23.5 Å². The number of hydrogen-bond acceptors (Lipinski definition) is 5. The lowest BCUT2D eigenvalue weighted by Crippen LogP contribution is -2.24. The van der Waals surface area contributed by atoms with Gasteiger partial charge in [0.15, 0.2) is 0 Å². The summed E-state index contributed by atoms with van der Waals surface area (Å²) in [6.45, 7) is 4.84. The summed E-state index contributed by atoms with van der Waals surface area (Å²) in [7, 11) is 0. The average Bonchev–Trinajstić information content (AvgIpc) is 2.69. The minimum absolute atomic E-state index is 0.193. The fraction of sp³-hybridized carbons (Fsp3) is 0.429. The van der Waals surface area contributed by atoms with E-state index in [0.717, 1.165) is 28.3 Å². The molecule has 0 amide bonds. The Bertz CT molecular complexity index is 752. The van der Waals surface area contributed by atoms with E-state index in [1.54, 1.807) is 23.5 Å². The number of aryl methyl sites for hydroxylation is 1. The lowest BCUT2D eigenvalue weighted by Gasteiger charge is -2.18. The van der Waals surface area contributed by atoms with Gasteiger partial charge in [-0.05, 0) is 68.1 Å². The molecule has 0 N–H and O–H groups in total. The first-order valence-corrected chi connectivity index (χ1v) is 11.5. The first kappa shape index (κ1) is 23.8. The smallest absolute Gasteiger partial charge is 0.416 e. The topological polar surface area (TPSA) is 27.7 Å². The molecule has 1 atom stereocenters. The molecule has 160 valence electrons. The van der Waals surface area contributed by atoms with E-state index in [4.69, 9.17) is 14.2 Å². The summed E-state index contributed by atoms with van der Waals surface area (Å²) in [5.41, 5.74) is 0.376. The van der Waals surface area contributed by atoms with E-state index in [1.165, 1.54) is 12.1 Å². The first-order chi connectivity index (χ1) is 13.8. The fourth-order valence-electron chi connectivity index (χ4n) is 2.46. The van der Waals surface area contributed by atoms with Gasteiger partial charge in [0.2, 0.25) is 0 Å². The molecular formula is C21H25F3O3S2. The van der Waals surface area contributed by atoms with Crippen LogP contribution in [0.5, 0.6) is 11.5 Å². The maximum absolute atomic E-state index is 12.7. The Morgan fingerprint density at radius 1 is 1.03 bits per heavy atom. The Morgan fingerprint density at radius 2 is 1.76 bits per heavy atom. The van der Waals surface area contributed by atoms with E-state index in [9.17, 15) is 13.2 Å². The SMILES string of the molecule is CCOc1ccc(SCC(COc2ccc(C(F)(F)F)cc2)OCSC)cc1C. The third-order valence-corrected chi connectivity index (χ3v) is 5.42. The van der Waals surface area contributed by atoms with Crippen molar-refractivity contribution in [3.8, 4) is 11.5 Å². The second-order valence-electron chi connectivity index (χ2n) is 6.20. The largest absolute Gasteiger partial charge is 0.494 e. The second kappa shape index (κ2) is 11.6. The number of hydrogen-bond donors (Lipinski definition) is 0. The molecule has 0 aromatic heterocycles. The molecule has 29 heavy (non-hydrogen) atoms. The molecule has 8 heteroatoms. The summed E-state index contributed by atoms with van der Waals surface area (Å²) in [4.78, 5) is 1.10. The highest BCUT2D eigenvalue weighted by Crippen LogP contribution is 2.30. The van der Waals surface area contributed by atoms with Gasteiger partial charge in [0, 0.05) is 10.6 Å². The van der Waals surface area contributed by atoms with Gasteiger partial charge < -0.3 is 14.2 Å². The van der Waals surface area contributed by atoms with Gasteiger partial charge >= 0.3 is 6.18 Å². The van der Waals surface area contributed by atoms with E-state index < -0.39 is 11.7 Å². The molecule has 0 aliphatic rings.